The third-order valence-electron chi connectivity index (χ3n) is 3.19. The zero-order valence-electron chi connectivity index (χ0n) is 10.2. The summed E-state index contributed by atoms with van der Waals surface area (Å²) in [5, 5.41) is 6.57. The summed E-state index contributed by atoms with van der Waals surface area (Å²) >= 11 is 0. The Hall–Kier alpha value is -1.56. The van der Waals surface area contributed by atoms with Crippen LogP contribution in [-0.2, 0) is 4.74 Å². The standard InChI is InChI=1S/C11H18N4O2/c1-7-9(10(12)14-13-7)11(16)15-5-3-4-8(6-15)17-2/h8H,3-6H2,1-2H3,(H3,12,13,14). The van der Waals surface area contributed by atoms with Crippen molar-refractivity contribution in [3.8, 4) is 0 Å². The molecule has 1 saturated heterocycles. The predicted molar refractivity (Wildman–Crippen MR) is 63.7 cm³/mol. The minimum Gasteiger partial charge on any atom is -0.382 e. The Balaban J connectivity index is 2.15. The molecule has 0 aromatic carbocycles. The van der Waals surface area contributed by atoms with Crippen LogP contribution < -0.4 is 5.73 Å². The number of carbonyl (C=O) groups is 1. The van der Waals surface area contributed by atoms with Crippen LogP contribution in [0.15, 0.2) is 0 Å². The fourth-order valence-corrected chi connectivity index (χ4v) is 2.19. The van der Waals surface area contributed by atoms with Crippen LogP contribution in [0.25, 0.3) is 0 Å². The number of hydrogen-bond donors (Lipinski definition) is 2. The number of piperidine rings is 1. The van der Waals surface area contributed by atoms with Gasteiger partial charge in [0.25, 0.3) is 5.91 Å². The van der Waals surface area contributed by atoms with Crippen LogP contribution in [0, 0.1) is 6.92 Å². The SMILES string of the molecule is COC1CCCN(C(=O)c2c(N)n[nH]c2C)C1. The number of anilines is 1. The van der Waals surface area contributed by atoms with Crippen molar-refractivity contribution >= 4 is 11.7 Å². The molecule has 1 aliphatic rings. The van der Waals surface area contributed by atoms with E-state index in [-0.39, 0.29) is 17.8 Å². The molecule has 0 bridgehead atoms. The number of nitrogens with one attached hydrogen (secondary N) is 1. The van der Waals surface area contributed by atoms with Crippen LogP contribution in [0.1, 0.15) is 28.9 Å². The highest BCUT2D eigenvalue weighted by Gasteiger charge is 2.27. The van der Waals surface area contributed by atoms with Gasteiger partial charge < -0.3 is 15.4 Å². The molecule has 94 valence electrons. The second-order valence-electron chi connectivity index (χ2n) is 4.36. The number of nitrogens with zero attached hydrogens (tertiary/aromatic N) is 2. The van der Waals surface area contributed by atoms with Gasteiger partial charge in [-0.1, -0.05) is 0 Å². The predicted octanol–water partition coefficient (Wildman–Crippen LogP) is 0.551. The zero-order chi connectivity index (χ0) is 12.4. The summed E-state index contributed by atoms with van der Waals surface area (Å²) in [6.07, 6.45) is 2.09. The van der Waals surface area contributed by atoms with E-state index in [0.29, 0.717) is 17.8 Å². The van der Waals surface area contributed by atoms with Gasteiger partial charge in [-0.25, -0.2) is 0 Å². The van der Waals surface area contributed by atoms with Crippen LogP contribution >= 0.6 is 0 Å². The van der Waals surface area contributed by atoms with Gasteiger partial charge in [0.15, 0.2) is 5.82 Å². The van der Waals surface area contributed by atoms with Gasteiger partial charge in [0.1, 0.15) is 5.56 Å². The van der Waals surface area contributed by atoms with Gasteiger partial charge in [0, 0.05) is 25.9 Å². The number of H-pyrrole nitrogens is 1. The molecule has 1 atom stereocenters. The van der Waals surface area contributed by atoms with E-state index < -0.39 is 0 Å². The Morgan fingerprint density at radius 3 is 3.00 bits per heavy atom. The van der Waals surface area contributed by atoms with E-state index in [9.17, 15) is 4.79 Å². The van der Waals surface area contributed by atoms with Crippen LogP contribution in [0.2, 0.25) is 0 Å². The molecule has 6 nitrogen and oxygen atoms in total. The summed E-state index contributed by atoms with van der Waals surface area (Å²) in [6.45, 7) is 3.18. The van der Waals surface area contributed by atoms with Crippen molar-refractivity contribution in [2.45, 2.75) is 25.9 Å². The highest BCUT2D eigenvalue weighted by molar-refractivity contribution is 5.99. The molecule has 1 fully saturated rings. The normalized spacial score (nSPS) is 20.6. The van der Waals surface area contributed by atoms with Crippen molar-refractivity contribution in [1.29, 1.82) is 0 Å². The lowest BCUT2D eigenvalue weighted by molar-refractivity contribution is 0.0269. The molecule has 2 rings (SSSR count). The molecule has 17 heavy (non-hydrogen) atoms. The number of ether oxygens (including phenoxy) is 1. The topological polar surface area (TPSA) is 84.2 Å². The highest BCUT2D eigenvalue weighted by Crippen LogP contribution is 2.19. The molecule has 0 radical (unpaired) electrons. The maximum Gasteiger partial charge on any atom is 0.259 e. The molecule has 1 aromatic heterocycles. The number of amides is 1. The number of hydrogen-bond acceptors (Lipinski definition) is 4. The third-order valence-corrected chi connectivity index (χ3v) is 3.19. The van der Waals surface area contributed by atoms with E-state index in [0.717, 1.165) is 19.4 Å². The molecule has 3 N–H and O–H groups in total. The first-order chi connectivity index (χ1) is 8.13. The third kappa shape index (κ3) is 2.26. The Labute approximate surface area is 100 Å². The Morgan fingerprint density at radius 2 is 2.41 bits per heavy atom. The Kier molecular flexibility index (Phi) is 3.33. The maximum absolute atomic E-state index is 12.3. The van der Waals surface area contributed by atoms with E-state index >= 15 is 0 Å². The van der Waals surface area contributed by atoms with Crippen molar-refractivity contribution in [3.63, 3.8) is 0 Å². The first-order valence-corrected chi connectivity index (χ1v) is 5.76. The van der Waals surface area contributed by atoms with Crippen LogP contribution in [-0.4, -0.2) is 47.3 Å². The van der Waals surface area contributed by atoms with E-state index in [1.807, 2.05) is 0 Å². The van der Waals surface area contributed by atoms with E-state index in [2.05, 4.69) is 10.2 Å². The molecule has 0 saturated carbocycles. The molecule has 1 amide bonds. The summed E-state index contributed by atoms with van der Waals surface area (Å²) in [6, 6.07) is 0. The maximum atomic E-state index is 12.3. The van der Waals surface area contributed by atoms with Crippen molar-refractivity contribution in [2.75, 3.05) is 25.9 Å². The van der Waals surface area contributed by atoms with Gasteiger partial charge >= 0.3 is 0 Å². The largest absolute Gasteiger partial charge is 0.382 e. The fraction of sp³-hybridized carbons (Fsp3) is 0.636. The van der Waals surface area contributed by atoms with E-state index in [4.69, 9.17) is 10.5 Å². The van der Waals surface area contributed by atoms with Gasteiger partial charge in [0.2, 0.25) is 0 Å². The summed E-state index contributed by atoms with van der Waals surface area (Å²) in [5.41, 5.74) is 6.90. The first kappa shape index (κ1) is 11.9. The number of rotatable bonds is 2. The quantitative estimate of drug-likeness (QED) is 0.788. The molecular weight excluding hydrogens is 220 g/mol. The zero-order valence-corrected chi connectivity index (χ0v) is 10.2. The first-order valence-electron chi connectivity index (χ1n) is 5.76. The molecule has 1 aromatic rings. The van der Waals surface area contributed by atoms with Crippen LogP contribution in [0.5, 0.6) is 0 Å². The second-order valence-corrected chi connectivity index (χ2v) is 4.36. The number of aromatic amines is 1. The van der Waals surface area contributed by atoms with Gasteiger partial charge in [-0.2, -0.15) is 5.10 Å². The lowest BCUT2D eigenvalue weighted by Crippen LogP contribution is -2.43. The number of carbonyl (C=O) groups excluding carboxylic acids is 1. The van der Waals surface area contributed by atoms with Crippen molar-refractivity contribution in [3.05, 3.63) is 11.3 Å². The summed E-state index contributed by atoms with van der Waals surface area (Å²) in [5.74, 6) is 0.211. The Bertz CT molecular complexity index is 396. The van der Waals surface area contributed by atoms with Crippen molar-refractivity contribution in [2.24, 2.45) is 0 Å². The fourth-order valence-electron chi connectivity index (χ4n) is 2.19. The second kappa shape index (κ2) is 4.75. The van der Waals surface area contributed by atoms with E-state index in [1.165, 1.54) is 0 Å². The van der Waals surface area contributed by atoms with Crippen LogP contribution in [0.4, 0.5) is 5.82 Å². The van der Waals surface area contributed by atoms with E-state index in [1.54, 1.807) is 18.9 Å². The monoisotopic (exact) mass is 238 g/mol. The number of likely N-dealkylation sites (tertiary alicyclic amines) is 1. The average Bonchev–Trinajstić information content (AvgIpc) is 2.68. The molecule has 1 unspecified atom stereocenters. The minimum atomic E-state index is -0.0597. The number of aryl methyl sites for hydroxylation is 1. The van der Waals surface area contributed by atoms with Crippen LogP contribution in [0.3, 0.4) is 0 Å². The molecule has 0 spiro atoms. The molecule has 2 heterocycles. The molecular formula is C11H18N4O2. The number of nitrogen functional groups attached to an aromatic ring is 1. The molecule has 1 aliphatic heterocycles. The molecule has 0 aliphatic carbocycles. The molecule has 6 heteroatoms. The van der Waals surface area contributed by atoms with Crippen molar-refractivity contribution in [1.82, 2.24) is 15.1 Å². The van der Waals surface area contributed by atoms with Gasteiger partial charge in [-0.05, 0) is 19.8 Å². The minimum absolute atomic E-state index is 0.0597. The van der Waals surface area contributed by atoms with Gasteiger partial charge in [-0.3, -0.25) is 9.89 Å². The van der Waals surface area contributed by atoms with Gasteiger partial charge in [0.05, 0.1) is 6.10 Å². The average molecular weight is 238 g/mol. The number of nitrogens with two attached hydrogens (primary N) is 1. The van der Waals surface area contributed by atoms with Crippen molar-refractivity contribution < 1.29 is 9.53 Å². The number of methoxy groups -OCH3 is 1. The smallest absolute Gasteiger partial charge is 0.259 e. The van der Waals surface area contributed by atoms with Gasteiger partial charge in [-0.15, -0.1) is 0 Å². The summed E-state index contributed by atoms with van der Waals surface area (Å²) in [4.78, 5) is 14.1. The summed E-state index contributed by atoms with van der Waals surface area (Å²) < 4.78 is 5.30. The lowest BCUT2D eigenvalue weighted by atomic mass is 10.1. The highest BCUT2D eigenvalue weighted by atomic mass is 16.5. The summed E-state index contributed by atoms with van der Waals surface area (Å²) in [7, 11) is 1.68. The number of aromatic nitrogens is 2. The Morgan fingerprint density at radius 1 is 1.65 bits per heavy atom. The lowest BCUT2D eigenvalue weighted by Gasteiger charge is -2.31.